The third kappa shape index (κ3) is 5.66. The number of hydrogen-bond acceptors (Lipinski definition) is 3. The number of rotatable bonds is 8. The van der Waals surface area contributed by atoms with Crippen LogP contribution >= 0.6 is 0 Å². The predicted molar refractivity (Wildman–Crippen MR) is 235 cm³/mol. The number of anilines is 3. The van der Waals surface area contributed by atoms with Gasteiger partial charge in [-0.05, 0) is 117 Å². The molecule has 1 aromatic heterocycles. The van der Waals surface area contributed by atoms with Gasteiger partial charge in [0.05, 0.1) is 27.8 Å². The van der Waals surface area contributed by atoms with Crippen molar-refractivity contribution in [2.45, 2.75) is 0 Å². The molecule has 0 unspecified atom stereocenters. The molecule has 0 spiro atoms. The van der Waals surface area contributed by atoms with Gasteiger partial charge in [0.25, 0.3) is 0 Å². The molecule has 10 aromatic rings. The third-order valence-corrected chi connectivity index (χ3v) is 11.1. The lowest BCUT2D eigenvalue weighted by atomic mass is 9.84. The number of benzene rings is 9. The fourth-order valence-electron chi connectivity index (χ4n) is 8.52. The summed E-state index contributed by atoms with van der Waals surface area (Å²) in [5.41, 5.74) is 10.3. The van der Waals surface area contributed by atoms with Crippen molar-refractivity contribution >= 4 is 72.4 Å². The summed E-state index contributed by atoms with van der Waals surface area (Å²) in [7, 11) is 0. The van der Waals surface area contributed by atoms with Gasteiger partial charge in [-0.15, -0.1) is 0 Å². The molecule has 0 saturated heterocycles. The lowest BCUT2D eigenvalue weighted by molar-refractivity contribution is 0.0686. The molecule has 0 aliphatic rings. The van der Waals surface area contributed by atoms with Crippen LogP contribution in [0.5, 0.6) is 0 Å². The monoisotopic (exact) mass is 750 g/mol. The van der Waals surface area contributed by atoms with Gasteiger partial charge in [0, 0.05) is 33.2 Å². The first-order valence-corrected chi connectivity index (χ1v) is 19.0. The molecule has 276 valence electrons. The van der Waals surface area contributed by atoms with E-state index in [-0.39, 0.29) is 11.1 Å². The van der Waals surface area contributed by atoms with Gasteiger partial charge in [0.15, 0.2) is 0 Å². The Morgan fingerprint density at radius 3 is 1.40 bits per heavy atom. The standard InChI is InChI=1S/C52H34N2O4/c55-51(56)35-25-21-33(22-26-35)48-42-15-4-5-16-43(42)49(34-23-27-36(28-24-34)52(57)58)50-44(48)17-10-20-47(50)53(37-11-2-1-3-12-37)38-29-31-39(32-30-38)54-45-18-8-6-13-40(45)41-14-7-9-19-46(41)54/h1-32H,(H,55,56)(H,57,58). The van der Waals surface area contributed by atoms with E-state index in [9.17, 15) is 19.8 Å². The molecule has 0 amide bonds. The molecule has 10 rings (SSSR count). The minimum atomic E-state index is -0.985. The van der Waals surface area contributed by atoms with Crippen molar-refractivity contribution in [3.8, 4) is 27.9 Å². The number of aromatic carboxylic acids is 2. The summed E-state index contributed by atoms with van der Waals surface area (Å²) in [6, 6.07) is 64.7. The highest BCUT2D eigenvalue weighted by molar-refractivity contribution is 6.25. The largest absolute Gasteiger partial charge is 0.478 e. The van der Waals surface area contributed by atoms with Crippen molar-refractivity contribution < 1.29 is 19.8 Å². The van der Waals surface area contributed by atoms with E-state index in [2.05, 4.69) is 125 Å². The van der Waals surface area contributed by atoms with Crippen molar-refractivity contribution in [2.75, 3.05) is 4.90 Å². The van der Waals surface area contributed by atoms with Crippen LogP contribution in [0.15, 0.2) is 194 Å². The van der Waals surface area contributed by atoms with Gasteiger partial charge in [-0.3, -0.25) is 0 Å². The van der Waals surface area contributed by atoms with Gasteiger partial charge >= 0.3 is 11.9 Å². The topological polar surface area (TPSA) is 82.8 Å². The maximum Gasteiger partial charge on any atom is 0.335 e. The molecule has 0 aliphatic carbocycles. The molecular weight excluding hydrogens is 717 g/mol. The second kappa shape index (κ2) is 14.0. The van der Waals surface area contributed by atoms with Crippen molar-refractivity contribution in [1.29, 1.82) is 0 Å². The zero-order valence-electron chi connectivity index (χ0n) is 31.1. The summed E-state index contributed by atoms with van der Waals surface area (Å²) in [4.78, 5) is 26.1. The summed E-state index contributed by atoms with van der Waals surface area (Å²) in [6.45, 7) is 0. The van der Waals surface area contributed by atoms with Gasteiger partial charge in [-0.2, -0.15) is 0 Å². The van der Waals surface area contributed by atoms with E-state index in [4.69, 9.17) is 0 Å². The molecule has 9 aromatic carbocycles. The van der Waals surface area contributed by atoms with Gasteiger partial charge in [0.2, 0.25) is 0 Å². The molecule has 58 heavy (non-hydrogen) atoms. The number of carboxylic acids is 2. The highest BCUT2D eigenvalue weighted by atomic mass is 16.4. The summed E-state index contributed by atoms with van der Waals surface area (Å²) in [6.07, 6.45) is 0. The SMILES string of the molecule is O=C(O)c1ccc(-c2c3ccccc3c(-c3ccc(C(=O)O)cc3)c3c(N(c4ccccc4)c4ccc(-n5c6ccccc6c6ccccc65)cc4)cccc23)cc1. The lowest BCUT2D eigenvalue weighted by Crippen LogP contribution is -2.11. The number of nitrogens with zero attached hydrogens (tertiary/aromatic N) is 2. The number of aromatic nitrogens is 1. The van der Waals surface area contributed by atoms with Crippen molar-refractivity contribution in [3.63, 3.8) is 0 Å². The zero-order valence-corrected chi connectivity index (χ0v) is 31.1. The minimum absolute atomic E-state index is 0.210. The summed E-state index contributed by atoms with van der Waals surface area (Å²) in [5, 5.41) is 25.9. The first kappa shape index (κ1) is 34.5. The molecule has 2 N–H and O–H groups in total. The first-order valence-electron chi connectivity index (χ1n) is 19.0. The van der Waals surface area contributed by atoms with Crippen molar-refractivity contribution in [1.82, 2.24) is 4.57 Å². The second-order valence-corrected chi connectivity index (χ2v) is 14.3. The molecule has 0 bridgehead atoms. The molecular formula is C52H34N2O4. The van der Waals surface area contributed by atoms with Crippen LogP contribution in [0.2, 0.25) is 0 Å². The highest BCUT2D eigenvalue weighted by Crippen LogP contribution is 2.49. The Kier molecular flexibility index (Phi) is 8.31. The van der Waals surface area contributed by atoms with Crippen LogP contribution in [0, 0.1) is 0 Å². The van der Waals surface area contributed by atoms with Crippen LogP contribution in [0.25, 0.3) is 71.3 Å². The Bertz CT molecular complexity index is 3150. The smallest absolute Gasteiger partial charge is 0.335 e. The minimum Gasteiger partial charge on any atom is -0.478 e. The Balaban J connectivity index is 1.26. The molecule has 0 saturated carbocycles. The lowest BCUT2D eigenvalue weighted by Gasteiger charge is -2.29. The fourth-order valence-corrected chi connectivity index (χ4v) is 8.52. The van der Waals surface area contributed by atoms with Crippen LogP contribution in [-0.4, -0.2) is 26.7 Å². The summed E-state index contributed by atoms with van der Waals surface area (Å²) in [5.74, 6) is -1.96. The van der Waals surface area contributed by atoms with Gasteiger partial charge in [-0.1, -0.05) is 115 Å². The van der Waals surface area contributed by atoms with Crippen LogP contribution in [-0.2, 0) is 0 Å². The molecule has 6 nitrogen and oxygen atoms in total. The zero-order chi connectivity index (χ0) is 39.3. The molecule has 0 radical (unpaired) electrons. The van der Waals surface area contributed by atoms with E-state index in [1.807, 2.05) is 54.6 Å². The molecule has 0 atom stereocenters. The van der Waals surface area contributed by atoms with Crippen LogP contribution in [0.4, 0.5) is 17.1 Å². The Morgan fingerprint density at radius 1 is 0.397 bits per heavy atom. The van der Waals surface area contributed by atoms with Crippen molar-refractivity contribution in [2.24, 2.45) is 0 Å². The Morgan fingerprint density at radius 2 is 0.845 bits per heavy atom. The second-order valence-electron chi connectivity index (χ2n) is 14.3. The van der Waals surface area contributed by atoms with Crippen LogP contribution in [0.3, 0.4) is 0 Å². The number of carboxylic acid groups (broad SMARTS) is 2. The van der Waals surface area contributed by atoms with Gasteiger partial charge in [0.1, 0.15) is 0 Å². The van der Waals surface area contributed by atoms with Crippen molar-refractivity contribution in [3.05, 3.63) is 205 Å². The molecule has 0 aliphatic heterocycles. The van der Waals surface area contributed by atoms with Crippen LogP contribution in [0.1, 0.15) is 20.7 Å². The van der Waals surface area contributed by atoms with E-state index in [0.29, 0.717) is 0 Å². The molecule has 1 heterocycles. The normalized spacial score (nSPS) is 11.4. The quantitative estimate of drug-likeness (QED) is 0.151. The third-order valence-electron chi connectivity index (χ3n) is 11.1. The summed E-state index contributed by atoms with van der Waals surface area (Å²) >= 11 is 0. The predicted octanol–water partition coefficient (Wildman–Crippen LogP) is 13.3. The first-order chi connectivity index (χ1) is 28.5. The maximum atomic E-state index is 12.0. The van der Waals surface area contributed by atoms with E-state index >= 15 is 0 Å². The number of hydrogen-bond donors (Lipinski definition) is 2. The highest BCUT2D eigenvalue weighted by Gasteiger charge is 2.24. The number of carbonyl (C=O) groups is 2. The van der Waals surface area contributed by atoms with Crippen LogP contribution < -0.4 is 4.90 Å². The molecule has 6 heteroatoms. The number of fused-ring (bicyclic) bond motifs is 5. The van der Waals surface area contributed by atoms with E-state index in [1.165, 1.54) is 10.8 Å². The van der Waals surface area contributed by atoms with Gasteiger partial charge < -0.3 is 19.7 Å². The van der Waals surface area contributed by atoms with Gasteiger partial charge in [-0.25, -0.2) is 9.59 Å². The number of para-hydroxylation sites is 3. The Labute approximate surface area is 333 Å². The maximum absolute atomic E-state index is 12.0. The van der Waals surface area contributed by atoms with E-state index in [0.717, 1.165) is 77.6 Å². The molecule has 0 fully saturated rings. The Hall–Kier alpha value is -7.96. The summed E-state index contributed by atoms with van der Waals surface area (Å²) < 4.78 is 2.31. The van der Waals surface area contributed by atoms with E-state index in [1.54, 1.807) is 24.3 Å². The fraction of sp³-hybridized carbons (Fsp3) is 0. The van der Waals surface area contributed by atoms with E-state index < -0.39 is 11.9 Å². The average molecular weight is 751 g/mol. The average Bonchev–Trinajstić information content (AvgIpc) is 3.61.